The maximum absolute atomic E-state index is 12.9. The number of halogens is 2. The summed E-state index contributed by atoms with van der Waals surface area (Å²) in [6.07, 6.45) is 0. The lowest BCUT2D eigenvalue weighted by Gasteiger charge is -2.10. The highest BCUT2D eigenvalue weighted by Crippen LogP contribution is 2.22. The highest BCUT2D eigenvalue weighted by atomic mass is 35.5. The second-order valence-corrected chi connectivity index (χ2v) is 5.19. The van der Waals surface area contributed by atoms with Gasteiger partial charge in [-0.25, -0.2) is 9.18 Å². The highest BCUT2D eigenvalue weighted by molar-refractivity contribution is 6.61. The molecule has 2 amide bonds. The Morgan fingerprint density at radius 3 is 2.86 bits per heavy atom. The van der Waals surface area contributed by atoms with Crippen LogP contribution in [-0.4, -0.2) is 18.2 Å². The summed E-state index contributed by atoms with van der Waals surface area (Å²) in [5.41, 5.74) is 2.29. The molecule has 0 saturated carbocycles. The standard InChI is InChI=1S/C14H11BClFN2O3/c16-12-5-9(17)2-4-13(12)19-14(20)18-10-3-1-8-7-22-15(21)11(8)6-10/h1-6,21H,7H2,(H2,18,19,20). The van der Waals surface area contributed by atoms with Gasteiger partial charge in [-0.15, -0.1) is 0 Å². The fraction of sp³-hybridized carbons (Fsp3) is 0.0714. The van der Waals surface area contributed by atoms with Crippen molar-refractivity contribution in [1.82, 2.24) is 0 Å². The Balaban J connectivity index is 1.71. The number of hydrogen-bond acceptors (Lipinski definition) is 3. The molecule has 112 valence electrons. The summed E-state index contributed by atoms with van der Waals surface area (Å²) in [5, 5.41) is 14.9. The zero-order valence-corrected chi connectivity index (χ0v) is 12.0. The Kier molecular flexibility index (Phi) is 4.02. The van der Waals surface area contributed by atoms with Gasteiger partial charge in [0, 0.05) is 5.69 Å². The molecule has 3 rings (SSSR count). The molecule has 2 aromatic rings. The molecule has 8 heteroatoms. The van der Waals surface area contributed by atoms with E-state index in [-0.39, 0.29) is 5.02 Å². The molecule has 0 unspecified atom stereocenters. The van der Waals surface area contributed by atoms with Gasteiger partial charge in [0.2, 0.25) is 0 Å². The van der Waals surface area contributed by atoms with Crippen LogP contribution < -0.4 is 16.1 Å². The van der Waals surface area contributed by atoms with Crippen LogP contribution in [0.25, 0.3) is 0 Å². The summed E-state index contributed by atoms with van der Waals surface area (Å²) in [6, 6.07) is 8.26. The first kappa shape index (κ1) is 14.8. The molecule has 1 aliphatic heterocycles. The minimum Gasteiger partial charge on any atom is -0.423 e. The van der Waals surface area contributed by atoms with Crippen LogP contribution in [0.5, 0.6) is 0 Å². The van der Waals surface area contributed by atoms with Crippen molar-refractivity contribution in [3.05, 3.63) is 52.8 Å². The molecular weight excluding hydrogens is 309 g/mol. The maximum Gasteiger partial charge on any atom is 0.491 e. The first-order chi connectivity index (χ1) is 10.5. The van der Waals surface area contributed by atoms with Crippen LogP contribution in [0.2, 0.25) is 5.02 Å². The fourth-order valence-corrected chi connectivity index (χ4v) is 2.38. The SMILES string of the molecule is O=C(Nc1ccc2c(c1)B(O)OC2)Nc1ccc(F)cc1Cl. The van der Waals surface area contributed by atoms with Gasteiger partial charge in [0.05, 0.1) is 17.3 Å². The van der Waals surface area contributed by atoms with E-state index in [0.29, 0.717) is 23.4 Å². The van der Waals surface area contributed by atoms with Crippen molar-refractivity contribution in [1.29, 1.82) is 0 Å². The molecule has 0 atom stereocenters. The number of hydrogen-bond donors (Lipinski definition) is 3. The smallest absolute Gasteiger partial charge is 0.423 e. The molecule has 0 radical (unpaired) electrons. The fourth-order valence-electron chi connectivity index (χ4n) is 2.17. The summed E-state index contributed by atoms with van der Waals surface area (Å²) < 4.78 is 18.0. The third-order valence-corrected chi connectivity index (χ3v) is 3.56. The van der Waals surface area contributed by atoms with Crippen molar-refractivity contribution >= 4 is 41.6 Å². The molecule has 0 aromatic heterocycles. The molecule has 2 aromatic carbocycles. The van der Waals surface area contributed by atoms with Crippen LogP contribution in [0.1, 0.15) is 5.56 Å². The normalized spacial score (nSPS) is 13.0. The summed E-state index contributed by atoms with van der Waals surface area (Å²) >= 11 is 5.84. The molecule has 1 aliphatic rings. The van der Waals surface area contributed by atoms with Gasteiger partial charge in [-0.1, -0.05) is 17.7 Å². The molecule has 22 heavy (non-hydrogen) atoms. The number of benzene rings is 2. The number of urea groups is 1. The van der Waals surface area contributed by atoms with Crippen molar-refractivity contribution < 1.29 is 18.9 Å². The molecule has 0 spiro atoms. The van der Waals surface area contributed by atoms with E-state index in [0.717, 1.165) is 11.6 Å². The van der Waals surface area contributed by atoms with Crippen LogP contribution in [0, 0.1) is 5.82 Å². The van der Waals surface area contributed by atoms with Gasteiger partial charge in [-0.3, -0.25) is 0 Å². The van der Waals surface area contributed by atoms with Crippen molar-refractivity contribution in [2.75, 3.05) is 10.6 Å². The molecule has 0 bridgehead atoms. The summed E-state index contributed by atoms with van der Waals surface area (Å²) in [6.45, 7) is 0.341. The van der Waals surface area contributed by atoms with Crippen LogP contribution in [0.3, 0.4) is 0 Å². The van der Waals surface area contributed by atoms with E-state index in [1.54, 1.807) is 18.2 Å². The van der Waals surface area contributed by atoms with E-state index in [4.69, 9.17) is 16.3 Å². The zero-order chi connectivity index (χ0) is 15.7. The number of rotatable bonds is 2. The molecule has 0 aliphatic carbocycles. The van der Waals surface area contributed by atoms with Crippen molar-refractivity contribution in [2.24, 2.45) is 0 Å². The first-order valence-electron chi connectivity index (χ1n) is 6.48. The van der Waals surface area contributed by atoms with E-state index in [1.165, 1.54) is 12.1 Å². The average molecular weight is 321 g/mol. The zero-order valence-electron chi connectivity index (χ0n) is 11.3. The molecule has 3 N–H and O–H groups in total. The van der Waals surface area contributed by atoms with Gasteiger partial charge in [-0.2, -0.15) is 0 Å². The Bertz CT molecular complexity index is 744. The topological polar surface area (TPSA) is 70.6 Å². The monoisotopic (exact) mass is 320 g/mol. The Morgan fingerprint density at radius 2 is 2.09 bits per heavy atom. The second kappa shape index (κ2) is 5.96. The van der Waals surface area contributed by atoms with E-state index in [9.17, 15) is 14.2 Å². The number of carbonyl (C=O) groups excluding carboxylic acids is 1. The largest absolute Gasteiger partial charge is 0.491 e. The lowest BCUT2D eigenvalue weighted by Crippen LogP contribution is -2.29. The van der Waals surface area contributed by atoms with Crippen LogP contribution in [-0.2, 0) is 11.3 Å². The highest BCUT2D eigenvalue weighted by Gasteiger charge is 2.27. The van der Waals surface area contributed by atoms with Gasteiger partial charge in [0.25, 0.3) is 0 Å². The predicted octanol–water partition coefficient (Wildman–Crippen LogP) is 2.34. The average Bonchev–Trinajstić information content (AvgIpc) is 2.83. The van der Waals surface area contributed by atoms with E-state index >= 15 is 0 Å². The summed E-state index contributed by atoms with van der Waals surface area (Å²) in [4.78, 5) is 11.9. The minimum absolute atomic E-state index is 0.105. The third-order valence-electron chi connectivity index (χ3n) is 3.25. The van der Waals surface area contributed by atoms with Crippen LogP contribution in [0.15, 0.2) is 36.4 Å². The minimum atomic E-state index is -0.980. The number of carbonyl (C=O) groups is 1. The van der Waals surface area contributed by atoms with Crippen LogP contribution >= 0.6 is 11.6 Å². The summed E-state index contributed by atoms with van der Waals surface area (Å²) in [7, 11) is -0.980. The predicted molar refractivity (Wildman–Crippen MR) is 82.9 cm³/mol. The van der Waals surface area contributed by atoms with Gasteiger partial charge in [0.15, 0.2) is 0 Å². The number of amides is 2. The van der Waals surface area contributed by atoms with Gasteiger partial charge >= 0.3 is 13.1 Å². The Labute approximate surface area is 131 Å². The van der Waals surface area contributed by atoms with Gasteiger partial charge < -0.3 is 20.3 Å². The molecule has 0 fully saturated rings. The maximum atomic E-state index is 12.9. The Morgan fingerprint density at radius 1 is 1.27 bits per heavy atom. The third kappa shape index (κ3) is 3.06. The van der Waals surface area contributed by atoms with E-state index in [1.807, 2.05) is 0 Å². The van der Waals surface area contributed by atoms with Crippen molar-refractivity contribution in [2.45, 2.75) is 6.61 Å². The van der Waals surface area contributed by atoms with E-state index < -0.39 is 19.0 Å². The number of nitrogens with one attached hydrogen (secondary N) is 2. The van der Waals surface area contributed by atoms with Crippen molar-refractivity contribution in [3.63, 3.8) is 0 Å². The summed E-state index contributed by atoms with van der Waals surface area (Å²) in [5.74, 6) is -0.483. The molecular formula is C14H11BClFN2O3. The number of fused-ring (bicyclic) bond motifs is 1. The quantitative estimate of drug-likeness (QED) is 0.744. The first-order valence-corrected chi connectivity index (χ1v) is 6.86. The Hall–Kier alpha value is -2.09. The van der Waals surface area contributed by atoms with Gasteiger partial charge in [0.1, 0.15) is 5.82 Å². The van der Waals surface area contributed by atoms with E-state index in [2.05, 4.69) is 10.6 Å². The lowest BCUT2D eigenvalue weighted by molar-refractivity contribution is 0.262. The molecule has 5 nitrogen and oxygen atoms in total. The second-order valence-electron chi connectivity index (χ2n) is 4.78. The van der Waals surface area contributed by atoms with Gasteiger partial charge in [-0.05, 0) is 41.4 Å². The van der Waals surface area contributed by atoms with Crippen molar-refractivity contribution in [3.8, 4) is 0 Å². The van der Waals surface area contributed by atoms with Crippen LogP contribution in [0.4, 0.5) is 20.6 Å². The molecule has 1 heterocycles. The lowest BCUT2D eigenvalue weighted by atomic mass is 9.79. The molecule has 0 saturated heterocycles. The number of anilines is 2.